The molecule has 1 fully saturated rings. The number of rotatable bonds is 6. The number of aliphatic imine (C=N–C) groups is 1. The maximum absolute atomic E-state index is 6.12. The lowest BCUT2D eigenvalue weighted by Gasteiger charge is -2.24. The minimum absolute atomic E-state index is 0.193. The van der Waals surface area contributed by atoms with E-state index in [1.165, 1.54) is 0 Å². The third kappa shape index (κ3) is 6.49. The molecule has 0 spiro atoms. The number of halogens is 1. The van der Waals surface area contributed by atoms with E-state index in [2.05, 4.69) is 47.1 Å². The van der Waals surface area contributed by atoms with Crippen molar-refractivity contribution in [2.45, 2.75) is 38.6 Å². The summed E-state index contributed by atoms with van der Waals surface area (Å²) in [5, 5.41) is 0. The zero-order valence-corrected chi connectivity index (χ0v) is 16.6. The van der Waals surface area contributed by atoms with E-state index in [0.717, 1.165) is 41.8 Å². The Labute approximate surface area is 147 Å². The molecule has 2 rings (SSSR count). The summed E-state index contributed by atoms with van der Waals surface area (Å²) in [7, 11) is -1.69. The standard InChI is InChI=1S/C17H24BrNO3Si/c1-13(22-23(2,3)4)19-12-14-11-15(18)5-6-17(14)21-16-7-9-20-10-8-16/h5-6,11-12,16H,1,7-10H2,2-4H3. The molecule has 1 aliphatic rings. The second kappa shape index (κ2) is 8.12. The molecule has 126 valence electrons. The van der Waals surface area contributed by atoms with Crippen LogP contribution < -0.4 is 4.74 Å². The van der Waals surface area contributed by atoms with Crippen LogP contribution in [-0.4, -0.2) is 33.8 Å². The highest BCUT2D eigenvalue weighted by Crippen LogP contribution is 2.25. The normalized spacial score (nSPS) is 16.5. The van der Waals surface area contributed by atoms with Crippen molar-refractivity contribution in [3.8, 4) is 5.75 Å². The molecular weight excluding hydrogens is 374 g/mol. The first-order chi connectivity index (χ1) is 10.8. The summed E-state index contributed by atoms with van der Waals surface area (Å²) in [5.74, 6) is 1.27. The molecule has 0 N–H and O–H groups in total. The molecule has 0 unspecified atom stereocenters. The van der Waals surface area contributed by atoms with Crippen LogP contribution in [0.5, 0.6) is 5.75 Å². The highest BCUT2D eigenvalue weighted by atomic mass is 79.9. The Morgan fingerprint density at radius 3 is 2.70 bits per heavy atom. The van der Waals surface area contributed by atoms with Gasteiger partial charge in [0, 0.05) is 29.1 Å². The summed E-state index contributed by atoms with van der Waals surface area (Å²) in [6.45, 7) is 11.7. The van der Waals surface area contributed by atoms with Crippen molar-refractivity contribution in [1.29, 1.82) is 0 Å². The van der Waals surface area contributed by atoms with Crippen LogP contribution in [0.3, 0.4) is 0 Å². The molecule has 1 aromatic rings. The largest absolute Gasteiger partial charge is 0.532 e. The van der Waals surface area contributed by atoms with Crippen molar-refractivity contribution < 1.29 is 13.9 Å². The summed E-state index contributed by atoms with van der Waals surface area (Å²) in [5.41, 5.74) is 0.909. The van der Waals surface area contributed by atoms with Gasteiger partial charge in [-0.05, 0) is 44.4 Å². The number of hydrogen-bond acceptors (Lipinski definition) is 4. The zero-order valence-electron chi connectivity index (χ0n) is 14.0. The van der Waals surface area contributed by atoms with Crippen LogP contribution in [-0.2, 0) is 9.16 Å². The van der Waals surface area contributed by atoms with Gasteiger partial charge in [0.1, 0.15) is 11.9 Å². The van der Waals surface area contributed by atoms with Gasteiger partial charge in [-0.15, -0.1) is 0 Å². The first-order valence-corrected chi connectivity index (χ1v) is 12.0. The van der Waals surface area contributed by atoms with E-state index in [1.54, 1.807) is 6.21 Å². The second-order valence-electron chi connectivity index (χ2n) is 6.48. The Kier molecular flexibility index (Phi) is 6.44. The summed E-state index contributed by atoms with van der Waals surface area (Å²) >= 11 is 3.49. The van der Waals surface area contributed by atoms with Gasteiger partial charge in [0.2, 0.25) is 8.32 Å². The van der Waals surface area contributed by atoms with Crippen molar-refractivity contribution in [1.82, 2.24) is 0 Å². The van der Waals surface area contributed by atoms with E-state index in [1.807, 2.05) is 18.2 Å². The fourth-order valence-corrected chi connectivity index (χ4v) is 3.36. The predicted molar refractivity (Wildman–Crippen MR) is 99.8 cm³/mol. The van der Waals surface area contributed by atoms with Gasteiger partial charge in [0.25, 0.3) is 0 Å². The predicted octanol–water partition coefficient (Wildman–Crippen LogP) is 4.75. The molecule has 23 heavy (non-hydrogen) atoms. The van der Waals surface area contributed by atoms with Gasteiger partial charge >= 0.3 is 0 Å². The number of nitrogens with zero attached hydrogens (tertiary/aromatic N) is 1. The molecule has 0 amide bonds. The molecule has 0 saturated carbocycles. The van der Waals surface area contributed by atoms with Gasteiger partial charge in [-0.3, -0.25) is 0 Å². The van der Waals surface area contributed by atoms with Gasteiger partial charge < -0.3 is 13.9 Å². The Hall–Kier alpha value is -1.11. The van der Waals surface area contributed by atoms with Crippen molar-refractivity contribution in [3.63, 3.8) is 0 Å². The summed E-state index contributed by atoms with van der Waals surface area (Å²) in [6, 6.07) is 5.92. The van der Waals surface area contributed by atoms with Crippen LogP contribution in [0, 0.1) is 0 Å². The smallest absolute Gasteiger partial charge is 0.244 e. The number of ether oxygens (including phenoxy) is 2. The van der Waals surface area contributed by atoms with E-state index < -0.39 is 8.32 Å². The van der Waals surface area contributed by atoms with Crippen LogP contribution in [0.1, 0.15) is 18.4 Å². The maximum Gasteiger partial charge on any atom is 0.244 e. The minimum Gasteiger partial charge on any atom is -0.532 e. The Morgan fingerprint density at radius 2 is 2.04 bits per heavy atom. The van der Waals surface area contributed by atoms with Gasteiger partial charge in [-0.1, -0.05) is 15.9 Å². The lowest BCUT2D eigenvalue weighted by molar-refractivity contribution is 0.0255. The fraction of sp³-hybridized carbons (Fsp3) is 0.471. The molecule has 1 aliphatic heterocycles. The SMILES string of the molecule is C=C(N=Cc1cc(Br)ccc1OC1CCOCC1)O[Si](C)(C)C. The Morgan fingerprint density at radius 1 is 1.35 bits per heavy atom. The first kappa shape index (κ1) is 18.2. The molecule has 1 heterocycles. The molecule has 1 aromatic carbocycles. The average molecular weight is 398 g/mol. The lowest BCUT2D eigenvalue weighted by atomic mass is 10.1. The third-order valence-corrected chi connectivity index (χ3v) is 4.55. The van der Waals surface area contributed by atoms with E-state index in [-0.39, 0.29) is 6.10 Å². The van der Waals surface area contributed by atoms with Crippen LogP contribution in [0.2, 0.25) is 19.6 Å². The van der Waals surface area contributed by atoms with E-state index >= 15 is 0 Å². The number of benzene rings is 1. The van der Waals surface area contributed by atoms with Gasteiger partial charge in [0.15, 0.2) is 5.88 Å². The minimum atomic E-state index is -1.69. The van der Waals surface area contributed by atoms with Gasteiger partial charge in [-0.25, -0.2) is 4.99 Å². The highest BCUT2D eigenvalue weighted by Gasteiger charge is 2.18. The molecule has 1 saturated heterocycles. The summed E-state index contributed by atoms with van der Waals surface area (Å²) in [4.78, 5) is 4.34. The van der Waals surface area contributed by atoms with Crippen molar-refractivity contribution in [3.05, 3.63) is 40.7 Å². The zero-order chi connectivity index (χ0) is 16.9. The molecule has 0 radical (unpaired) electrons. The molecule has 0 aromatic heterocycles. The highest BCUT2D eigenvalue weighted by molar-refractivity contribution is 9.10. The Balaban J connectivity index is 2.10. The molecule has 4 nitrogen and oxygen atoms in total. The van der Waals surface area contributed by atoms with Crippen molar-refractivity contribution in [2.75, 3.05) is 13.2 Å². The first-order valence-electron chi connectivity index (χ1n) is 7.79. The van der Waals surface area contributed by atoms with E-state index in [0.29, 0.717) is 5.88 Å². The molecular formula is C17H24BrNO3Si. The number of hydrogen-bond donors (Lipinski definition) is 0. The maximum atomic E-state index is 6.12. The molecule has 0 aliphatic carbocycles. The monoisotopic (exact) mass is 397 g/mol. The molecule has 0 atom stereocenters. The van der Waals surface area contributed by atoms with Crippen LogP contribution >= 0.6 is 15.9 Å². The van der Waals surface area contributed by atoms with Crippen molar-refractivity contribution >= 4 is 30.5 Å². The fourth-order valence-electron chi connectivity index (χ4n) is 2.22. The van der Waals surface area contributed by atoms with Gasteiger partial charge in [-0.2, -0.15) is 0 Å². The van der Waals surface area contributed by atoms with E-state index in [4.69, 9.17) is 13.9 Å². The van der Waals surface area contributed by atoms with Crippen LogP contribution in [0.4, 0.5) is 0 Å². The molecule has 0 bridgehead atoms. The topological polar surface area (TPSA) is 40.0 Å². The van der Waals surface area contributed by atoms with Gasteiger partial charge in [0.05, 0.1) is 13.2 Å². The quantitative estimate of drug-likeness (QED) is 0.395. The van der Waals surface area contributed by atoms with E-state index in [9.17, 15) is 0 Å². The third-order valence-electron chi connectivity index (χ3n) is 3.21. The molecule has 6 heteroatoms. The average Bonchev–Trinajstić information content (AvgIpc) is 2.47. The second-order valence-corrected chi connectivity index (χ2v) is 11.8. The van der Waals surface area contributed by atoms with Crippen LogP contribution in [0.15, 0.2) is 40.1 Å². The van der Waals surface area contributed by atoms with Crippen LogP contribution in [0.25, 0.3) is 0 Å². The van der Waals surface area contributed by atoms with Crippen molar-refractivity contribution in [2.24, 2.45) is 4.99 Å². The summed E-state index contributed by atoms with van der Waals surface area (Å²) in [6.07, 6.45) is 3.77. The Bertz CT molecular complexity index is 578. The summed E-state index contributed by atoms with van der Waals surface area (Å²) < 4.78 is 18.2. The lowest BCUT2D eigenvalue weighted by Crippen LogP contribution is -2.26.